The summed E-state index contributed by atoms with van der Waals surface area (Å²) in [5.41, 5.74) is 2.31. The number of ether oxygens (including phenoxy) is 1. The van der Waals surface area contributed by atoms with Crippen LogP contribution < -0.4 is 0 Å². The number of nitrogens with zero attached hydrogens (tertiary/aromatic N) is 7. The second-order valence-corrected chi connectivity index (χ2v) is 9.55. The van der Waals surface area contributed by atoms with Crippen molar-refractivity contribution in [2.24, 2.45) is 0 Å². The highest BCUT2D eigenvalue weighted by Crippen LogP contribution is 2.34. The first kappa shape index (κ1) is 25.2. The molecule has 194 valence electrons. The van der Waals surface area contributed by atoms with Crippen LogP contribution in [-0.4, -0.2) is 47.4 Å². The van der Waals surface area contributed by atoms with Gasteiger partial charge in [-0.3, -0.25) is 9.67 Å². The molecule has 2 aliphatic rings. The number of aromatic nitrogens is 7. The van der Waals surface area contributed by atoms with E-state index in [1.807, 2.05) is 43.9 Å². The van der Waals surface area contributed by atoms with E-state index in [-0.39, 0.29) is 12.0 Å². The average molecular weight is 512 g/mol. The molecule has 0 amide bonds. The van der Waals surface area contributed by atoms with Gasteiger partial charge >= 0.3 is 6.18 Å². The molecule has 5 heterocycles. The molecule has 8 nitrogen and oxygen atoms in total. The van der Waals surface area contributed by atoms with Crippen molar-refractivity contribution in [2.75, 3.05) is 6.61 Å². The third kappa shape index (κ3) is 5.76. The van der Waals surface area contributed by atoms with Crippen LogP contribution in [0.4, 0.5) is 13.2 Å². The van der Waals surface area contributed by atoms with Gasteiger partial charge in [0.25, 0.3) is 0 Å². The summed E-state index contributed by atoms with van der Waals surface area (Å²) < 4.78 is 46.3. The predicted octanol–water partition coefficient (Wildman–Crippen LogP) is 5.62. The fourth-order valence-corrected chi connectivity index (χ4v) is 4.28. The molecule has 1 aliphatic carbocycles. The Morgan fingerprint density at radius 3 is 2.41 bits per heavy atom. The van der Waals surface area contributed by atoms with E-state index in [1.54, 1.807) is 0 Å². The van der Waals surface area contributed by atoms with E-state index in [4.69, 9.17) is 9.72 Å². The molecule has 1 saturated heterocycles. The molecule has 2 atom stereocenters. The van der Waals surface area contributed by atoms with Crippen molar-refractivity contribution < 1.29 is 17.9 Å². The third-order valence-corrected chi connectivity index (χ3v) is 6.58. The molecule has 0 bridgehead atoms. The molecule has 1 saturated carbocycles. The lowest BCUT2D eigenvalue weighted by Gasteiger charge is -2.26. The minimum absolute atomic E-state index is 0.0905. The third-order valence-electron chi connectivity index (χ3n) is 6.58. The minimum Gasteiger partial charge on any atom is -0.378 e. The zero-order chi connectivity index (χ0) is 26.2. The topological polar surface area (TPSA) is 91.5 Å². The Morgan fingerprint density at radius 1 is 1.00 bits per heavy atom. The summed E-state index contributed by atoms with van der Waals surface area (Å²) >= 11 is 0. The lowest BCUT2D eigenvalue weighted by molar-refractivity contribution is -0.141. The fraction of sp³-hybridized carbons (Fsp3) is 0.462. The standard InChI is InChI=1S/C20H20F3N5O.C6H8N2/c1-10-8-13(6-7-29-10)18-27-16(14-4-5-15(24-9-14)20(21,22)23)17-19(28-18)26-12(3)11(2)25-17;1-4-7-8(5-1)6-2-3-6/h4-5,9-10,13H,6-8H2,1-3H3;1,4-6H,2-3H2. The summed E-state index contributed by atoms with van der Waals surface area (Å²) in [6.45, 7) is 6.29. The maximum atomic E-state index is 12.9. The first-order chi connectivity index (χ1) is 17.7. The Kier molecular flexibility index (Phi) is 6.89. The number of halogens is 3. The summed E-state index contributed by atoms with van der Waals surface area (Å²) in [7, 11) is 0. The van der Waals surface area contributed by atoms with Gasteiger partial charge < -0.3 is 4.74 Å². The molecule has 2 unspecified atom stereocenters. The zero-order valence-electron chi connectivity index (χ0n) is 20.9. The first-order valence-corrected chi connectivity index (χ1v) is 12.4. The number of alkyl halides is 3. The number of pyridine rings is 1. The number of rotatable bonds is 3. The quantitative estimate of drug-likeness (QED) is 0.353. The van der Waals surface area contributed by atoms with Crippen molar-refractivity contribution in [2.45, 2.75) is 70.7 Å². The van der Waals surface area contributed by atoms with E-state index in [1.165, 1.54) is 25.1 Å². The molecule has 0 N–H and O–H groups in total. The van der Waals surface area contributed by atoms with E-state index in [2.05, 4.69) is 25.0 Å². The van der Waals surface area contributed by atoms with Gasteiger partial charge in [0.1, 0.15) is 22.7 Å². The lowest BCUT2D eigenvalue weighted by atomic mass is 9.95. The molecular weight excluding hydrogens is 483 g/mol. The summed E-state index contributed by atoms with van der Waals surface area (Å²) in [6.07, 6.45) is 4.82. The van der Waals surface area contributed by atoms with E-state index < -0.39 is 11.9 Å². The highest BCUT2D eigenvalue weighted by atomic mass is 19.4. The van der Waals surface area contributed by atoms with Gasteiger partial charge in [0, 0.05) is 36.7 Å². The average Bonchev–Trinajstić information content (AvgIpc) is 3.58. The van der Waals surface area contributed by atoms with Crippen LogP contribution in [-0.2, 0) is 10.9 Å². The fourth-order valence-electron chi connectivity index (χ4n) is 4.28. The van der Waals surface area contributed by atoms with Crippen molar-refractivity contribution in [1.82, 2.24) is 34.7 Å². The highest BCUT2D eigenvalue weighted by molar-refractivity contribution is 5.86. The van der Waals surface area contributed by atoms with Crippen LogP contribution in [0.3, 0.4) is 0 Å². The van der Waals surface area contributed by atoms with Crippen molar-refractivity contribution in [1.29, 1.82) is 0 Å². The molecule has 11 heteroatoms. The normalized spacial score (nSPS) is 19.9. The van der Waals surface area contributed by atoms with Gasteiger partial charge in [0.15, 0.2) is 5.65 Å². The highest BCUT2D eigenvalue weighted by Gasteiger charge is 2.32. The number of hydrogen-bond acceptors (Lipinski definition) is 7. The first-order valence-electron chi connectivity index (χ1n) is 12.4. The van der Waals surface area contributed by atoms with Crippen LogP contribution in [0.5, 0.6) is 0 Å². The second-order valence-electron chi connectivity index (χ2n) is 9.55. The van der Waals surface area contributed by atoms with Crippen LogP contribution in [0.2, 0.25) is 0 Å². The van der Waals surface area contributed by atoms with Gasteiger partial charge in [-0.15, -0.1) is 0 Å². The van der Waals surface area contributed by atoms with E-state index in [9.17, 15) is 13.2 Å². The molecule has 4 aromatic rings. The molecule has 1 aliphatic heterocycles. The molecule has 37 heavy (non-hydrogen) atoms. The van der Waals surface area contributed by atoms with E-state index in [0.29, 0.717) is 34.9 Å². The maximum absolute atomic E-state index is 12.9. The van der Waals surface area contributed by atoms with E-state index >= 15 is 0 Å². The summed E-state index contributed by atoms with van der Waals surface area (Å²) in [5, 5.41) is 4.09. The summed E-state index contributed by atoms with van der Waals surface area (Å²) in [5.74, 6) is 0.702. The lowest BCUT2D eigenvalue weighted by Crippen LogP contribution is -2.23. The van der Waals surface area contributed by atoms with Crippen LogP contribution in [0, 0.1) is 13.8 Å². The van der Waals surface area contributed by atoms with Gasteiger partial charge in [-0.1, -0.05) is 0 Å². The zero-order valence-corrected chi connectivity index (χ0v) is 20.9. The molecule has 0 aromatic carbocycles. The van der Waals surface area contributed by atoms with Gasteiger partial charge in [-0.25, -0.2) is 19.9 Å². The Hall–Kier alpha value is -3.47. The number of aryl methyl sites for hydroxylation is 2. The Bertz CT molecular complexity index is 1370. The summed E-state index contributed by atoms with van der Waals surface area (Å²) in [6, 6.07) is 5.03. The van der Waals surface area contributed by atoms with Gasteiger partial charge in [0.05, 0.1) is 23.5 Å². The monoisotopic (exact) mass is 511 g/mol. The van der Waals surface area contributed by atoms with Gasteiger partial charge in [-0.2, -0.15) is 18.3 Å². The smallest absolute Gasteiger partial charge is 0.378 e. The largest absolute Gasteiger partial charge is 0.433 e. The van der Waals surface area contributed by atoms with Crippen LogP contribution in [0.1, 0.15) is 67.5 Å². The molecule has 6 rings (SSSR count). The van der Waals surface area contributed by atoms with Crippen molar-refractivity contribution in [3.05, 3.63) is 59.7 Å². The van der Waals surface area contributed by atoms with Gasteiger partial charge in [-0.05, 0) is 64.7 Å². The molecular formula is C26H28F3N7O. The molecule has 2 fully saturated rings. The van der Waals surface area contributed by atoms with Crippen LogP contribution in [0.25, 0.3) is 22.4 Å². The van der Waals surface area contributed by atoms with Crippen molar-refractivity contribution in [3.63, 3.8) is 0 Å². The number of fused-ring (bicyclic) bond motifs is 1. The minimum atomic E-state index is -4.50. The van der Waals surface area contributed by atoms with Gasteiger partial charge in [0.2, 0.25) is 0 Å². The van der Waals surface area contributed by atoms with Crippen LogP contribution >= 0.6 is 0 Å². The summed E-state index contributed by atoms with van der Waals surface area (Å²) in [4.78, 5) is 22.0. The predicted molar refractivity (Wildman–Crippen MR) is 131 cm³/mol. The number of hydrogen-bond donors (Lipinski definition) is 0. The Morgan fingerprint density at radius 2 is 1.78 bits per heavy atom. The Balaban J connectivity index is 0.000000295. The van der Waals surface area contributed by atoms with Crippen molar-refractivity contribution >= 4 is 11.2 Å². The van der Waals surface area contributed by atoms with Crippen molar-refractivity contribution in [3.8, 4) is 11.3 Å². The second kappa shape index (κ2) is 10.1. The SMILES string of the molecule is Cc1nc2nc(C3CCOC(C)C3)nc(-c3ccc(C(F)(F)F)nc3)c2nc1C.c1cnn(C2CC2)c1. The molecule has 4 aromatic heterocycles. The van der Waals surface area contributed by atoms with Crippen LogP contribution in [0.15, 0.2) is 36.8 Å². The Labute approximate surface area is 212 Å². The maximum Gasteiger partial charge on any atom is 0.433 e. The molecule has 0 radical (unpaired) electrons. The molecule has 0 spiro atoms. The van der Waals surface area contributed by atoms with E-state index in [0.717, 1.165) is 36.3 Å².